The van der Waals surface area contributed by atoms with Crippen molar-refractivity contribution in [3.8, 4) is 17.2 Å². The number of halogens is 2. The van der Waals surface area contributed by atoms with E-state index < -0.39 is 6.04 Å². The Kier molecular flexibility index (Phi) is 7.84. The molecule has 0 N–H and O–H groups in total. The van der Waals surface area contributed by atoms with Gasteiger partial charge in [-0.25, -0.2) is 4.98 Å². The van der Waals surface area contributed by atoms with Crippen molar-refractivity contribution in [3.05, 3.63) is 81.7 Å². The standard InChI is InChI=1S/C30H30Cl2N4O5/c1-38-25-5-3-19(15-26(25)39-2)29-30-23(33-27-16-20(31)7-9-35(27)30)8-10-36(29)28(37)18-41-24-6-4-21(17-22(24)32)34-11-13-40-14-12-34/h3-7,9,15-17,29H,8,10-14,18H2,1-2H3. The Labute approximate surface area is 248 Å². The van der Waals surface area contributed by atoms with Crippen LogP contribution < -0.4 is 19.1 Å². The molecule has 1 saturated heterocycles. The number of benzene rings is 2. The van der Waals surface area contributed by atoms with E-state index in [9.17, 15) is 4.79 Å². The number of carbonyl (C=O) groups is 1. The molecule has 1 atom stereocenters. The SMILES string of the molecule is COc1ccc(C2c3c(nc4cc(Cl)ccn34)CCN2C(=O)COc2ccc(N3CCOCC3)cc2Cl)cc1OC. The summed E-state index contributed by atoms with van der Waals surface area (Å²) in [6.45, 7) is 3.27. The fourth-order valence-corrected chi connectivity index (χ4v) is 5.92. The highest BCUT2D eigenvalue weighted by Gasteiger charge is 2.36. The van der Waals surface area contributed by atoms with E-state index in [1.54, 1.807) is 14.2 Å². The number of amides is 1. The first-order chi connectivity index (χ1) is 20.0. The molecule has 2 aliphatic rings. The van der Waals surface area contributed by atoms with Crippen LogP contribution in [0.25, 0.3) is 5.65 Å². The van der Waals surface area contributed by atoms with Gasteiger partial charge in [-0.2, -0.15) is 0 Å². The molecule has 4 aromatic rings. The number of hydrogen-bond donors (Lipinski definition) is 0. The monoisotopic (exact) mass is 596 g/mol. The van der Waals surface area contributed by atoms with Gasteiger partial charge in [0, 0.05) is 49.0 Å². The van der Waals surface area contributed by atoms with E-state index >= 15 is 0 Å². The number of rotatable bonds is 7. The quantitative estimate of drug-likeness (QED) is 0.295. The molecule has 2 aromatic heterocycles. The zero-order chi connectivity index (χ0) is 28.5. The van der Waals surface area contributed by atoms with Gasteiger partial charge in [-0.05, 0) is 42.0 Å². The third-order valence-electron chi connectivity index (χ3n) is 7.55. The van der Waals surface area contributed by atoms with Crippen LogP contribution in [0.2, 0.25) is 10.0 Å². The number of anilines is 1. The van der Waals surface area contributed by atoms with Gasteiger partial charge in [-0.1, -0.05) is 29.3 Å². The van der Waals surface area contributed by atoms with Crippen molar-refractivity contribution in [2.75, 3.05) is 58.6 Å². The Morgan fingerprint density at radius 3 is 2.51 bits per heavy atom. The number of imidazole rings is 1. The maximum absolute atomic E-state index is 13.8. The number of fused-ring (bicyclic) bond motifs is 3. The molecule has 9 nitrogen and oxygen atoms in total. The largest absolute Gasteiger partial charge is 0.493 e. The molecule has 41 heavy (non-hydrogen) atoms. The molecule has 0 bridgehead atoms. The first kappa shape index (κ1) is 27.5. The second-order valence-electron chi connectivity index (χ2n) is 9.87. The molecule has 6 rings (SSSR count). The number of nitrogens with zero attached hydrogens (tertiary/aromatic N) is 4. The molecule has 11 heteroatoms. The second kappa shape index (κ2) is 11.7. The minimum Gasteiger partial charge on any atom is -0.493 e. The van der Waals surface area contributed by atoms with Crippen LogP contribution in [0.4, 0.5) is 5.69 Å². The summed E-state index contributed by atoms with van der Waals surface area (Å²) >= 11 is 12.8. The summed E-state index contributed by atoms with van der Waals surface area (Å²) in [4.78, 5) is 22.7. The van der Waals surface area contributed by atoms with Crippen LogP contribution in [-0.2, 0) is 16.0 Å². The second-order valence-corrected chi connectivity index (χ2v) is 10.7. The van der Waals surface area contributed by atoms with Crippen LogP contribution in [0.3, 0.4) is 0 Å². The fraction of sp³-hybridized carbons (Fsp3) is 0.333. The van der Waals surface area contributed by atoms with E-state index in [1.165, 1.54) is 0 Å². The van der Waals surface area contributed by atoms with Gasteiger partial charge in [0.1, 0.15) is 11.4 Å². The van der Waals surface area contributed by atoms with Crippen LogP contribution in [0.5, 0.6) is 17.2 Å². The van der Waals surface area contributed by atoms with Crippen molar-refractivity contribution in [2.45, 2.75) is 12.5 Å². The average molecular weight is 597 g/mol. The third-order valence-corrected chi connectivity index (χ3v) is 8.08. The van der Waals surface area contributed by atoms with Crippen molar-refractivity contribution in [1.82, 2.24) is 14.3 Å². The van der Waals surface area contributed by atoms with Crippen LogP contribution in [0.1, 0.15) is 23.0 Å². The van der Waals surface area contributed by atoms with Crippen LogP contribution in [-0.4, -0.2) is 73.9 Å². The number of ether oxygens (including phenoxy) is 4. The van der Waals surface area contributed by atoms with Gasteiger partial charge in [0.05, 0.1) is 49.9 Å². The Morgan fingerprint density at radius 1 is 0.976 bits per heavy atom. The first-order valence-corrected chi connectivity index (χ1v) is 14.1. The lowest BCUT2D eigenvalue weighted by atomic mass is 9.95. The molecular formula is C30H30Cl2N4O5. The molecule has 2 aromatic carbocycles. The van der Waals surface area contributed by atoms with Gasteiger partial charge in [0.2, 0.25) is 0 Å². The van der Waals surface area contributed by atoms with Crippen LogP contribution in [0.15, 0.2) is 54.7 Å². The van der Waals surface area contributed by atoms with Crippen molar-refractivity contribution in [3.63, 3.8) is 0 Å². The lowest BCUT2D eigenvalue weighted by Gasteiger charge is -2.36. The van der Waals surface area contributed by atoms with E-state index in [2.05, 4.69) is 4.90 Å². The first-order valence-electron chi connectivity index (χ1n) is 13.4. The Morgan fingerprint density at radius 2 is 1.76 bits per heavy atom. The zero-order valence-corrected chi connectivity index (χ0v) is 24.3. The van der Waals surface area contributed by atoms with Crippen LogP contribution in [0, 0.1) is 0 Å². The van der Waals surface area contributed by atoms with Gasteiger partial charge >= 0.3 is 0 Å². The summed E-state index contributed by atoms with van der Waals surface area (Å²) in [6, 6.07) is 14.5. The van der Waals surface area contributed by atoms with E-state index in [0.717, 1.165) is 41.4 Å². The lowest BCUT2D eigenvalue weighted by molar-refractivity contribution is -0.135. The molecular weight excluding hydrogens is 567 g/mol. The molecule has 0 aliphatic carbocycles. The zero-order valence-electron chi connectivity index (χ0n) is 22.8. The number of hydrogen-bond acceptors (Lipinski definition) is 7. The Bertz CT molecular complexity index is 1590. The summed E-state index contributed by atoms with van der Waals surface area (Å²) in [5.41, 5.74) is 4.41. The predicted molar refractivity (Wildman–Crippen MR) is 157 cm³/mol. The Hall–Kier alpha value is -3.66. The molecule has 0 spiro atoms. The minimum atomic E-state index is -0.440. The van der Waals surface area contributed by atoms with Crippen molar-refractivity contribution >= 4 is 40.4 Å². The molecule has 0 radical (unpaired) electrons. The summed E-state index contributed by atoms with van der Waals surface area (Å²) in [6.07, 6.45) is 2.48. The highest BCUT2D eigenvalue weighted by atomic mass is 35.5. The highest BCUT2D eigenvalue weighted by molar-refractivity contribution is 6.32. The minimum absolute atomic E-state index is 0.168. The van der Waals surface area contributed by atoms with Gasteiger partial charge in [-0.3, -0.25) is 4.79 Å². The van der Waals surface area contributed by atoms with E-state index in [4.69, 9.17) is 47.1 Å². The summed E-state index contributed by atoms with van der Waals surface area (Å²) in [5, 5.41) is 1.05. The molecule has 1 amide bonds. The summed E-state index contributed by atoms with van der Waals surface area (Å²) in [5.74, 6) is 1.47. The van der Waals surface area contributed by atoms with Gasteiger partial charge in [-0.15, -0.1) is 0 Å². The molecule has 0 saturated carbocycles. The molecule has 1 unspecified atom stereocenters. The topological polar surface area (TPSA) is 77.8 Å². The number of aromatic nitrogens is 2. The van der Waals surface area contributed by atoms with Gasteiger partial charge in [0.15, 0.2) is 18.1 Å². The number of carbonyl (C=O) groups excluding carboxylic acids is 1. The number of methoxy groups -OCH3 is 2. The number of morpholine rings is 1. The summed E-state index contributed by atoms with van der Waals surface area (Å²) in [7, 11) is 3.19. The summed E-state index contributed by atoms with van der Waals surface area (Å²) < 4.78 is 24.5. The van der Waals surface area contributed by atoms with Crippen molar-refractivity contribution in [2.24, 2.45) is 0 Å². The number of pyridine rings is 1. The third kappa shape index (κ3) is 5.37. The van der Waals surface area contributed by atoms with E-state index in [0.29, 0.717) is 53.5 Å². The maximum atomic E-state index is 13.8. The maximum Gasteiger partial charge on any atom is 0.261 e. The normalized spacial score (nSPS) is 16.9. The highest BCUT2D eigenvalue weighted by Crippen LogP contribution is 2.40. The predicted octanol–water partition coefficient (Wildman–Crippen LogP) is 5.05. The molecule has 4 heterocycles. The molecule has 1 fully saturated rings. The Balaban J connectivity index is 1.30. The van der Waals surface area contributed by atoms with E-state index in [1.807, 2.05) is 64.0 Å². The van der Waals surface area contributed by atoms with E-state index in [-0.39, 0.29) is 12.5 Å². The fourth-order valence-electron chi connectivity index (χ4n) is 5.54. The molecule has 214 valence electrons. The lowest BCUT2D eigenvalue weighted by Crippen LogP contribution is -2.43. The van der Waals surface area contributed by atoms with Crippen molar-refractivity contribution in [1.29, 1.82) is 0 Å². The van der Waals surface area contributed by atoms with Gasteiger partial charge in [0.25, 0.3) is 5.91 Å². The van der Waals surface area contributed by atoms with Gasteiger partial charge < -0.3 is 33.1 Å². The van der Waals surface area contributed by atoms with Crippen molar-refractivity contribution < 1.29 is 23.7 Å². The van der Waals surface area contributed by atoms with Crippen LogP contribution >= 0.6 is 23.2 Å². The molecule has 2 aliphatic heterocycles. The average Bonchev–Trinajstić information content (AvgIpc) is 3.37. The smallest absolute Gasteiger partial charge is 0.261 e.